The molecule has 0 amide bonds. The number of sulfonamides is 1. The summed E-state index contributed by atoms with van der Waals surface area (Å²) in [7, 11) is -1.92. The smallest absolute Gasteiger partial charge is 0.253 e. The third kappa shape index (κ3) is 3.24. The summed E-state index contributed by atoms with van der Waals surface area (Å²) in [5.41, 5.74) is 5.34. The van der Waals surface area contributed by atoms with Crippen LogP contribution < -0.4 is 5.73 Å². The van der Waals surface area contributed by atoms with Crippen LogP contribution in [0.5, 0.6) is 0 Å². The van der Waals surface area contributed by atoms with E-state index in [4.69, 9.17) is 18.0 Å². The van der Waals surface area contributed by atoms with Gasteiger partial charge in [-0.3, -0.25) is 0 Å². The fourth-order valence-corrected chi connectivity index (χ4v) is 4.76. The molecule has 0 spiro atoms. The summed E-state index contributed by atoms with van der Waals surface area (Å²) in [6, 6.07) is 1.71. The summed E-state index contributed by atoms with van der Waals surface area (Å²) >= 11 is 9.10. The van der Waals surface area contributed by atoms with E-state index in [1.807, 2.05) is 0 Å². The van der Waals surface area contributed by atoms with E-state index in [-0.39, 0.29) is 0 Å². The van der Waals surface area contributed by atoms with Gasteiger partial charge in [-0.15, -0.1) is 11.3 Å². The van der Waals surface area contributed by atoms with Gasteiger partial charge in [-0.1, -0.05) is 12.2 Å². The highest BCUT2D eigenvalue weighted by Gasteiger charge is 2.24. The first-order chi connectivity index (χ1) is 7.35. The third-order valence-corrected chi connectivity index (χ3v) is 6.61. The lowest BCUT2D eigenvalue weighted by Gasteiger charge is -2.15. The fourth-order valence-electron chi connectivity index (χ4n) is 0.993. The van der Waals surface area contributed by atoms with Gasteiger partial charge in [-0.25, -0.2) is 8.42 Å². The van der Waals surface area contributed by atoms with Crippen molar-refractivity contribution in [1.29, 1.82) is 0 Å². The van der Waals surface area contributed by atoms with E-state index >= 15 is 0 Å². The molecule has 0 saturated carbocycles. The van der Waals surface area contributed by atoms with Crippen molar-refractivity contribution in [2.75, 3.05) is 13.6 Å². The SMILES string of the molecule is CN(CCC(N)=S)S(=O)(=O)c1sccc1Br. The number of halogens is 1. The number of thiocarbonyl (C=S) groups is 1. The maximum Gasteiger partial charge on any atom is 0.253 e. The highest BCUT2D eigenvalue weighted by molar-refractivity contribution is 9.10. The number of nitrogens with zero attached hydrogens (tertiary/aromatic N) is 1. The highest BCUT2D eigenvalue weighted by Crippen LogP contribution is 2.29. The van der Waals surface area contributed by atoms with Crippen LogP contribution in [-0.4, -0.2) is 31.3 Å². The number of rotatable bonds is 5. The molecule has 0 aliphatic heterocycles. The van der Waals surface area contributed by atoms with Crippen LogP contribution in [0.25, 0.3) is 0 Å². The van der Waals surface area contributed by atoms with Gasteiger partial charge in [0.2, 0.25) is 0 Å². The predicted molar refractivity (Wildman–Crippen MR) is 73.2 cm³/mol. The highest BCUT2D eigenvalue weighted by atomic mass is 79.9. The Kier molecular flexibility index (Phi) is 4.87. The minimum Gasteiger partial charge on any atom is -0.393 e. The fraction of sp³-hybridized carbons (Fsp3) is 0.375. The molecule has 16 heavy (non-hydrogen) atoms. The molecule has 1 aromatic rings. The van der Waals surface area contributed by atoms with Gasteiger partial charge in [0, 0.05) is 24.5 Å². The Balaban J connectivity index is 2.86. The van der Waals surface area contributed by atoms with Crippen LogP contribution in [-0.2, 0) is 10.0 Å². The summed E-state index contributed by atoms with van der Waals surface area (Å²) in [4.78, 5) is 0.312. The van der Waals surface area contributed by atoms with Crippen molar-refractivity contribution in [3.05, 3.63) is 15.9 Å². The van der Waals surface area contributed by atoms with Crippen molar-refractivity contribution in [1.82, 2.24) is 4.31 Å². The lowest BCUT2D eigenvalue weighted by atomic mass is 10.4. The molecular weight excluding hydrogens is 332 g/mol. The normalized spacial score (nSPS) is 11.9. The third-order valence-electron chi connectivity index (χ3n) is 1.90. The second-order valence-corrected chi connectivity index (χ2v) is 7.63. The van der Waals surface area contributed by atoms with Crippen LogP contribution >= 0.6 is 39.5 Å². The van der Waals surface area contributed by atoms with Crippen LogP contribution in [0.2, 0.25) is 0 Å². The molecule has 0 aliphatic carbocycles. The Hall–Kier alpha value is -0.0200. The molecule has 1 heterocycles. The quantitative estimate of drug-likeness (QED) is 0.829. The minimum atomic E-state index is -3.43. The second-order valence-electron chi connectivity index (χ2n) is 3.10. The molecule has 2 N–H and O–H groups in total. The first kappa shape index (κ1) is 14.0. The lowest BCUT2D eigenvalue weighted by Crippen LogP contribution is -2.29. The van der Waals surface area contributed by atoms with E-state index in [1.165, 1.54) is 22.7 Å². The van der Waals surface area contributed by atoms with Gasteiger partial charge in [0.05, 0.1) is 4.99 Å². The van der Waals surface area contributed by atoms with Gasteiger partial charge in [-0.05, 0) is 27.4 Å². The standard InChI is InChI=1S/C8H11BrN2O2S3/c1-11(4-2-7(10)14)16(12,13)8-6(9)3-5-15-8/h3,5H,2,4H2,1H3,(H2,10,14). The maximum atomic E-state index is 12.0. The number of thiophene rings is 1. The summed E-state index contributed by atoms with van der Waals surface area (Å²) in [6.45, 7) is 0.294. The monoisotopic (exact) mass is 342 g/mol. The Bertz CT molecular complexity index is 483. The van der Waals surface area contributed by atoms with E-state index < -0.39 is 10.0 Å². The zero-order chi connectivity index (χ0) is 12.3. The Morgan fingerprint density at radius 3 is 2.75 bits per heavy atom. The van der Waals surface area contributed by atoms with E-state index in [1.54, 1.807) is 11.4 Å². The topological polar surface area (TPSA) is 63.4 Å². The van der Waals surface area contributed by atoms with Crippen LogP contribution in [0.4, 0.5) is 0 Å². The molecule has 0 radical (unpaired) electrons. The number of hydrogen-bond acceptors (Lipinski definition) is 4. The van der Waals surface area contributed by atoms with Gasteiger partial charge < -0.3 is 5.73 Å². The first-order valence-electron chi connectivity index (χ1n) is 4.33. The molecule has 0 saturated heterocycles. The maximum absolute atomic E-state index is 12.0. The summed E-state index contributed by atoms with van der Waals surface area (Å²) < 4.78 is 26.2. The molecule has 8 heteroatoms. The Labute approximate surface area is 113 Å². The zero-order valence-electron chi connectivity index (χ0n) is 8.51. The average molecular weight is 343 g/mol. The number of nitrogens with two attached hydrogens (primary N) is 1. The lowest BCUT2D eigenvalue weighted by molar-refractivity contribution is 0.480. The molecule has 0 unspecified atom stereocenters. The molecule has 1 rings (SSSR count). The first-order valence-corrected chi connectivity index (χ1v) is 7.85. The number of hydrogen-bond donors (Lipinski definition) is 1. The Morgan fingerprint density at radius 1 is 1.69 bits per heavy atom. The molecule has 90 valence electrons. The van der Waals surface area contributed by atoms with Crippen molar-refractivity contribution in [2.24, 2.45) is 5.73 Å². The predicted octanol–water partition coefficient (Wildman–Crippen LogP) is 1.81. The molecule has 4 nitrogen and oxygen atoms in total. The van der Waals surface area contributed by atoms with E-state index in [2.05, 4.69) is 15.9 Å². The molecule has 0 bridgehead atoms. The molecule has 0 atom stereocenters. The average Bonchev–Trinajstić information content (AvgIpc) is 2.61. The summed E-state index contributed by atoms with van der Waals surface area (Å²) in [5, 5.41) is 1.72. The van der Waals surface area contributed by atoms with Crippen molar-refractivity contribution in [2.45, 2.75) is 10.6 Å². The van der Waals surface area contributed by atoms with Crippen molar-refractivity contribution >= 4 is 54.5 Å². The molecule has 0 fully saturated rings. The molecular formula is C8H11BrN2O2S3. The second kappa shape index (κ2) is 5.54. The van der Waals surface area contributed by atoms with Gasteiger partial charge in [0.1, 0.15) is 4.21 Å². The van der Waals surface area contributed by atoms with E-state index in [0.29, 0.717) is 26.6 Å². The van der Waals surface area contributed by atoms with Gasteiger partial charge in [-0.2, -0.15) is 4.31 Å². The van der Waals surface area contributed by atoms with Crippen LogP contribution in [0.1, 0.15) is 6.42 Å². The van der Waals surface area contributed by atoms with Gasteiger partial charge >= 0.3 is 0 Å². The van der Waals surface area contributed by atoms with Crippen LogP contribution in [0.3, 0.4) is 0 Å². The van der Waals surface area contributed by atoms with E-state index in [0.717, 1.165) is 0 Å². The largest absolute Gasteiger partial charge is 0.393 e. The summed E-state index contributed by atoms with van der Waals surface area (Å²) in [6.07, 6.45) is 0.383. The minimum absolute atomic E-state index is 0.294. The van der Waals surface area contributed by atoms with Gasteiger partial charge in [0.15, 0.2) is 0 Å². The van der Waals surface area contributed by atoms with Gasteiger partial charge in [0.25, 0.3) is 10.0 Å². The Morgan fingerprint density at radius 2 is 2.31 bits per heavy atom. The summed E-state index contributed by atoms with van der Waals surface area (Å²) in [5.74, 6) is 0. The molecule has 0 aliphatic rings. The van der Waals surface area contributed by atoms with Crippen LogP contribution in [0.15, 0.2) is 20.1 Å². The molecule has 1 aromatic heterocycles. The van der Waals surface area contributed by atoms with Crippen LogP contribution in [0, 0.1) is 0 Å². The zero-order valence-corrected chi connectivity index (χ0v) is 12.5. The molecule has 0 aromatic carbocycles. The van der Waals surface area contributed by atoms with Crippen molar-refractivity contribution < 1.29 is 8.42 Å². The van der Waals surface area contributed by atoms with Crippen molar-refractivity contribution in [3.63, 3.8) is 0 Å². The van der Waals surface area contributed by atoms with E-state index in [9.17, 15) is 8.42 Å². The van der Waals surface area contributed by atoms with Crippen molar-refractivity contribution in [3.8, 4) is 0 Å².